The van der Waals surface area contributed by atoms with Gasteiger partial charge in [-0.15, -0.1) is 0 Å². The third-order valence-electron chi connectivity index (χ3n) is 3.69. The van der Waals surface area contributed by atoms with Gasteiger partial charge in [-0.05, 0) is 31.2 Å². The zero-order chi connectivity index (χ0) is 16.1. The highest BCUT2D eigenvalue weighted by molar-refractivity contribution is 5.83. The lowest BCUT2D eigenvalue weighted by Gasteiger charge is -2.15. The largest absolute Gasteiger partial charge is 0.492 e. The van der Waals surface area contributed by atoms with Crippen LogP contribution in [-0.2, 0) is 4.79 Å². The van der Waals surface area contributed by atoms with Gasteiger partial charge in [0, 0.05) is 0 Å². The highest BCUT2D eigenvalue weighted by Gasteiger charge is 2.16. The van der Waals surface area contributed by atoms with E-state index in [-0.39, 0.29) is 11.9 Å². The van der Waals surface area contributed by atoms with Gasteiger partial charge in [0.15, 0.2) is 0 Å². The number of fused-ring (bicyclic) bond motifs is 1. The van der Waals surface area contributed by atoms with Gasteiger partial charge in [-0.1, -0.05) is 30.3 Å². The van der Waals surface area contributed by atoms with Crippen molar-refractivity contribution in [3.8, 4) is 5.75 Å². The van der Waals surface area contributed by atoms with Crippen molar-refractivity contribution in [2.24, 2.45) is 0 Å². The smallest absolute Gasteiger partial charge is 0.242 e. The Morgan fingerprint density at radius 1 is 1.17 bits per heavy atom. The first-order chi connectivity index (χ1) is 11.3. The maximum absolute atomic E-state index is 12.3. The molecule has 1 heterocycles. The number of rotatable bonds is 6. The number of imidazole rings is 1. The lowest BCUT2D eigenvalue weighted by Crippen LogP contribution is -2.33. The summed E-state index contributed by atoms with van der Waals surface area (Å²) < 4.78 is 7.44. The highest BCUT2D eigenvalue weighted by atomic mass is 16.5. The molecule has 3 rings (SSSR count). The van der Waals surface area contributed by atoms with Crippen LogP contribution in [-0.4, -0.2) is 28.6 Å². The number of benzene rings is 2. The molecule has 1 unspecified atom stereocenters. The monoisotopic (exact) mass is 309 g/mol. The minimum Gasteiger partial charge on any atom is -0.492 e. The standard InChI is InChI=1S/C18H19N3O2/c1-14(21-13-20-16-9-5-6-10-17(16)21)18(22)19-11-12-23-15-7-3-2-4-8-15/h2-10,13-14H,11-12H2,1H3,(H,19,22). The fourth-order valence-electron chi connectivity index (χ4n) is 2.42. The van der Waals surface area contributed by atoms with Crippen LogP contribution in [0.1, 0.15) is 13.0 Å². The number of para-hydroxylation sites is 3. The van der Waals surface area contributed by atoms with Crippen LogP contribution in [0.3, 0.4) is 0 Å². The van der Waals surface area contributed by atoms with Crippen molar-refractivity contribution in [2.75, 3.05) is 13.2 Å². The van der Waals surface area contributed by atoms with Crippen LogP contribution in [0.4, 0.5) is 0 Å². The van der Waals surface area contributed by atoms with E-state index in [4.69, 9.17) is 4.74 Å². The van der Waals surface area contributed by atoms with Crippen molar-refractivity contribution < 1.29 is 9.53 Å². The summed E-state index contributed by atoms with van der Waals surface area (Å²) in [6, 6.07) is 17.0. The third-order valence-corrected chi connectivity index (χ3v) is 3.69. The molecule has 1 amide bonds. The predicted molar refractivity (Wildman–Crippen MR) is 89.4 cm³/mol. The minimum absolute atomic E-state index is 0.0511. The van der Waals surface area contributed by atoms with E-state index in [2.05, 4.69) is 10.3 Å². The summed E-state index contributed by atoms with van der Waals surface area (Å²) in [6.07, 6.45) is 1.70. The number of carbonyl (C=O) groups is 1. The van der Waals surface area contributed by atoms with Crippen molar-refractivity contribution in [3.63, 3.8) is 0 Å². The van der Waals surface area contributed by atoms with Crippen LogP contribution >= 0.6 is 0 Å². The van der Waals surface area contributed by atoms with Gasteiger partial charge in [0.25, 0.3) is 0 Å². The molecule has 3 aromatic rings. The fourth-order valence-corrected chi connectivity index (χ4v) is 2.42. The summed E-state index contributed by atoms with van der Waals surface area (Å²) in [5, 5.41) is 2.89. The maximum Gasteiger partial charge on any atom is 0.242 e. The molecular weight excluding hydrogens is 290 g/mol. The Balaban J connectivity index is 1.54. The summed E-state index contributed by atoms with van der Waals surface area (Å²) in [6.45, 7) is 2.76. The Morgan fingerprint density at radius 2 is 1.91 bits per heavy atom. The van der Waals surface area contributed by atoms with Crippen LogP contribution < -0.4 is 10.1 Å². The molecule has 1 aromatic heterocycles. The van der Waals surface area contributed by atoms with E-state index in [0.717, 1.165) is 16.8 Å². The lowest BCUT2D eigenvalue weighted by atomic mass is 10.2. The molecule has 0 spiro atoms. The van der Waals surface area contributed by atoms with E-state index in [1.165, 1.54) is 0 Å². The minimum atomic E-state index is -0.320. The molecule has 0 aliphatic carbocycles. The van der Waals surface area contributed by atoms with Gasteiger partial charge < -0.3 is 14.6 Å². The molecule has 1 atom stereocenters. The van der Waals surface area contributed by atoms with Gasteiger partial charge in [0.05, 0.1) is 23.9 Å². The molecule has 118 valence electrons. The average molecular weight is 309 g/mol. The number of hydrogen-bond acceptors (Lipinski definition) is 3. The van der Waals surface area contributed by atoms with E-state index in [9.17, 15) is 4.79 Å². The van der Waals surface area contributed by atoms with Gasteiger partial charge in [-0.3, -0.25) is 4.79 Å². The van der Waals surface area contributed by atoms with E-state index in [1.54, 1.807) is 6.33 Å². The van der Waals surface area contributed by atoms with Crippen LogP contribution in [0, 0.1) is 0 Å². The van der Waals surface area contributed by atoms with Crippen LogP contribution in [0.2, 0.25) is 0 Å². The zero-order valence-corrected chi connectivity index (χ0v) is 13.0. The first kappa shape index (κ1) is 15.1. The second kappa shape index (κ2) is 6.96. The molecular formula is C18H19N3O2. The summed E-state index contributed by atoms with van der Waals surface area (Å²) >= 11 is 0. The summed E-state index contributed by atoms with van der Waals surface area (Å²) in [4.78, 5) is 16.6. The number of aromatic nitrogens is 2. The Kier molecular flexibility index (Phi) is 4.57. The molecule has 1 N–H and O–H groups in total. The first-order valence-electron chi connectivity index (χ1n) is 7.63. The number of carbonyl (C=O) groups excluding carboxylic acids is 1. The SMILES string of the molecule is CC(C(=O)NCCOc1ccccc1)n1cnc2ccccc21. The van der Waals surface area contributed by atoms with Crippen LogP contribution in [0.25, 0.3) is 11.0 Å². The molecule has 0 radical (unpaired) electrons. The number of nitrogens with zero attached hydrogens (tertiary/aromatic N) is 2. The van der Waals surface area contributed by atoms with E-state index in [1.807, 2.05) is 66.1 Å². The normalized spacial score (nSPS) is 12.0. The number of amides is 1. The van der Waals surface area contributed by atoms with E-state index in [0.29, 0.717) is 13.2 Å². The zero-order valence-electron chi connectivity index (χ0n) is 13.0. The second-order valence-corrected chi connectivity index (χ2v) is 5.27. The van der Waals surface area contributed by atoms with Crippen LogP contribution in [0.15, 0.2) is 60.9 Å². The molecule has 5 heteroatoms. The van der Waals surface area contributed by atoms with Gasteiger partial charge in [-0.25, -0.2) is 4.98 Å². The summed E-state index contributed by atoms with van der Waals surface area (Å²) in [5.74, 6) is 0.750. The number of hydrogen-bond donors (Lipinski definition) is 1. The highest BCUT2D eigenvalue weighted by Crippen LogP contribution is 2.17. The Hall–Kier alpha value is -2.82. The molecule has 0 saturated carbocycles. The molecule has 0 aliphatic rings. The van der Waals surface area contributed by atoms with Gasteiger partial charge in [0.1, 0.15) is 18.4 Å². The van der Waals surface area contributed by atoms with Gasteiger partial charge >= 0.3 is 0 Å². The van der Waals surface area contributed by atoms with E-state index < -0.39 is 0 Å². The first-order valence-corrected chi connectivity index (χ1v) is 7.63. The van der Waals surface area contributed by atoms with Crippen molar-refractivity contribution in [3.05, 3.63) is 60.9 Å². The van der Waals surface area contributed by atoms with Gasteiger partial charge in [-0.2, -0.15) is 0 Å². The van der Waals surface area contributed by atoms with Crippen molar-refractivity contribution in [1.29, 1.82) is 0 Å². The van der Waals surface area contributed by atoms with Gasteiger partial charge in [0.2, 0.25) is 5.91 Å². The number of ether oxygens (including phenoxy) is 1. The summed E-state index contributed by atoms with van der Waals surface area (Å²) in [7, 11) is 0. The molecule has 0 fully saturated rings. The Morgan fingerprint density at radius 3 is 2.74 bits per heavy atom. The van der Waals surface area contributed by atoms with Crippen LogP contribution in [0.5, 0.6) is 5.75 Å². The molecule has 5 nitrogen and oxygen atoms in total. The Labute approximate surface area is 134 Å². The Bertz CT molecular complexity index is 783. The predicted octanol–water partition coefficient (Wildman–Crippen LogP) is 2.79. The third kappa shape index (κ3) is 3.51. The van der Waals surface area contributed by atoms with Crippen molar-refractivity contribution in [1.82, 2.24) is 14.9 Å². The number of nitrogens with one attached hydrogen (secondary N) is 1. The molecule has 23 heavy (non-hydrogen) atoms. The fraction of sp³-hybridized carbons (Fsp3) is 0.222. The summed E-state index contributed by atoms with van der Waals surface area (Å²) in [5.41, 5.74) is 1.84. The lowest BCUT2D eigenvalue weighted by molar-refractivity contribution is -0.123. The molecule has 0 aliphatic heterocycles. The van der Waals surface area contributed by atoms with Crippen molar-refractivity contribution >= 4 is 16.9 Å². The molecule has 0 bridgehead atoms. The molecule has 2 aromatic carbocycles. The average Bonchev–Trinajstić information content (AvgIpc) is 3.03. The second-order valence-electron chi connectivity index (χ2n) is 5.27. The molecule has 0 saturated heterocycles. The maximum atomic E-state index is 12.3. The van der Waals surface area contributed by atoms with Crippen molar-refractivity contribution in [2.45, 2.75) is 13.0 Å². The topological polar surface area (TPSA) is 56.1 Å². The van der Waals surface area contributed by atoms with E-state index >= 15 is 0 Å². The quantitative estimate of drug-likeness (QED) is 0.712.